The molecule has 1 aliphatic heterocycles. The molecule has 22 heavy (non-hydrogen) atoms. The molecular formula is C15H16F3N3S. The number of aromatic nitrogens is 2. The van der Waals surface area contributed by atoms with Crippen LogP contribution in [0.4, 0.5) is 18.3 Å². The second-order valence-electron chi connectivity index (χ2n) is 5.45. The minimum absolute atomic E-state index is 0.0663. The van der Waals surface area contributed by atoms with Crippen LogP contribution in [0.1, 0.15) is 42.3 Å². The summed E-state index contributed by atoms with van der Waals surface area (Å²) < 4.78 is 43.0. The third-order valence-corrected chi connectivity index (χ3v) is 4.71. The molecule has 1 aromatic heterocycles. The lowest BCUT2D eigenvalue weighted by molar-refractivity contribution is -0.137. The lowest BCUT2D eigenvalue weighted by atomic mass is 9.94. The quantitative estimate of drug-likeness (QED) is 0.807. The van der Waals surface area contributed by atoms with Gasteiger partial charge in [0.2, 0.25) is 5.13 Å². The maximum Gasteiger partial charge on any atom is 0.416 e. The predicted octanol–water partition coefficient (Wildman–Crippen LogP) is 4.60. The van der Waals surface area contributed by atoms with Crippen molar-refractivity contribution in [1.29, 1.82) is 0 Å². The van der Waals surface area contributed by atoms with E-state index in [1.54, 1.807) is 6.07 Å². The number of benzene rings is 1. The van der Waals surface area contributed by atoms with Gasteiger partial charge in [0.15, 0.2) is 0 Å². The zero-order chi connectivity index (χ0) is 15.7. The average Bonchev–Trinajstić information content (AvgIpc) is 2.93. The summed E-state index contributed by atoms with van der Waals surface area (Å²) in [7, 11) is 0. The van der Waals surface area contributed by atoms with E-state index in [1.807, 2.05) is 6.92 Å². The predicted molar refractivity (Wildman–Crippen MR) is 80.0 cm³/mol. The molecule has 0 spiro atoms. The lowest BCUT2D eigenvalue weighted by Crippen LogP contribution is -2.33. The summed E-state index contributed by atoms with van der Waals surface area (Å²) >= 11 is 1.31. The summed E-state index contributed by atoms with van der Waals surface area (Å²) in [4.78, 5) is 6.48. The van der Waals surface area contributed by atoms with Crippen LogP contribution in [0.3, 0.4) is 0 Å². The van der Waals surface area contributed by atoms with Crippen LogP contribution in [0.2, 0.25) is 0 Å². The van der Waals surface area contributed by atoms with Crippen molar-refractivity contribution in [2.24, 2.45) is 0 Å². The monoisotopic (exact) mass is 327 g/mol. The molecule has 0 amide bonds. The Bertz CT molecular complexity index is 653. The van der Waals surface area contributed by atoms with Crippen LogP contribution in [0.25, 0.3) is 0 Å². The van der Waals surface area contributed by atoms with E-state index < -0.39 is 11.7 Å². The highest BCUT2D eigenvalue weighted by Crippen LogP contribution is 2.38. The van der Waals surface area contributed by atoms with Gasteiger partial charge in [-0.1, -0.05) is 12.1 Å². The molecule has 7 heteroatoms. The lowest BCUT2D eigenvalue weighted by Gasteiger charge is -2.35. The van der Waals surface area contributed by atoms with Crippen LogP contribution in [0, 0.1) is 6.92 Å². The number of hydrogen-bond donors (Lipinski definition) is 0. The van der Waals surface area contributed by atoms with Crippen LogP contribution >= 0.6 is 11.5 Å². The van der Waals surface area contributed by atoms with E-state index in [0.29, 0.717) is 11.4 Å². The largest absolute Gasteiger partial charge is 0.416 e. The molecule has 0 N–H and O–H groups in total. The first-order valence-electron chi connectivity index (χ1n) is 7.19. The molecular weight excluding hydrogens is 311 g/mol. The first kappa shape index (κ1) is 15.3. The molecule has 1 atom stereocenters. The standard InChI is InChI=1S/C15H16F3N3S/c1-10-19-14(22-20-10)21-8-3-2-7-13(21)11-5-4-6-12(9-11)15(16,17)18/h4-6,9,13H,2-3,7-8H2,1H3. The van der Waals surface area contributed by atoms with Crippen molar-refractivity contribution in [1.82, 2.24) is 9.36 Å². The Morgan fingerprint density at radius 1 is 1.27 bits per heavy atom. The SMILES string of the molecule is Cc1nsc(N2CCCCC2c2cccc(C(F)(F)F)c2)n1. The summed E-state index contributed by atoms with van der Waals surface area (Å²) in [5.41, 5.74) is 0.103. The maximum atomic E-state index is 12.9. The Labute approximate surface area is 131 Å². The van der Waals surface area contributed by atoms with Gasteiger partial charge in [-0.25, -0.2) is 4.98 Å². The molecule has 1 fully saturated rings. The number of nitrogens with zero attached hydrogens (tertiary/aromatic N) is 3. The zero-order valence-corrected chi connectivity index (χ0v) is 12.9. The summed E-state index contributed by atoms with van der Waals surface area (Å²) in [5.74, 6) is 0.702. The molecule has 0 aliphatic carbocycles. The topological polar surface area (TPSA) is 29.0 Å². The Balaban J connectivity index is 1.94. The third-order valence-electron chi connectivity index (χ3n) is 3.86. The highest BCUT2D eigenvalue weighted by atomic mass is 32.1. The van der Waals surface area contributed by atoms with Crippen molar-refractivity contribution in [2.45, 2.75) is 38.4 Å². The van der Waals surface area contributed by atoms with Gasteiger partial charge in [0.25, 0.3) is 0 Å². The molecule has 3 nitrogen and oxygen atoms in total. The van der Waals surface area contributed by atoms with Crippen molar-refractivity contribution in [3.05, 3.63) is 41.2 Å². The first-order valence-corrected chi connectivity index (χ1v) is 7.96. The summed E-state index contributed by atoms with van der Waals surface area (Å²) in [5, 5.41) is 0.791. The number of alkyl halides is 3. The molecule has 0 saturated carbocycles. The second kappa shape index (κ2) is 5.87. The fourth-order valence-electron chi connectivity index (χ4n) is 2.83. The van der Waals surface area contributed by atoms with E-state index in [0.717, 1.165) is 37.0 Å². The maximum absolute atomic E-state index is 12.9. The molecule has 118 valence electrons. The molecule has 0 bridgehead atoms. The van der Waals surface area contributed by atoms with Crippen LogP contribution in [0.15, 0.2) is 24.3 Å². The highest BCUT2D eigenvalue weighted by Gasteiger charge is 2.32. The molecule has 2 heterocycles. The van der Waals surface area contributed by atoms with Crippen molar-refractivity contribution < 1.29 is 13.2 Å². The van der Waals surface area contributed by atoms with Crippen molar-refractivity contribution in [3.8, 4) is 0 Å². The van der Waals surface area contributed by atoms with Gasteiger partial charge in [0.1, 0.15) is 5.82 Å². The number of piperidine rings is 1. The molecule has 0 radical (unpaired) electrons. The van der Waals surface area contributed by atoms with Crippen molar-refractivity contribution >= 4 is 16.7 Å². The zero-order valence-electron chi connectivity index (χ0n) is 12.1. The minimum atomic E-state index is -4.31. The molecule has 1 unspecified atom stereocenters. The van der Waals surface area contributed by atoms with E-state index in [9.17, 15) is 13.2 Å². The van der Waals surface area contributed by atoms with E-state index >= 15 is 0 Å². The normalized spacial score (nSPS) is 19.5. The summed E-state index contributed by atoms with van der Waals surface area (Å²) in [6, 6.07) is 5.56. The highest BCUT2D eigenvalue weighted by molar-refractivity contribution is 7.09. The van der Waals surface area contributed by atoms with Crippen molar-refractivity contribution in [3.63, 3.8) is 0 Å². The van der Waals surface area contributed by atoms with Gasteiger partial charge in [-0.2, -0.15) is 17.5 Å². The van der Waals surface area contributed by atoms with Gasteiger partial charge >= 0.3 is 6.18 Å². The number of halogens is 3. The summed E-state index contributed by atoms with van der Waals surface area (Å²) in [6.07, 6.45) is -1.45. The van der Waals surface area contributed by atoms with Gasteiger partial charge < -0.3 is 4.90 Å². The van der Waals surface area contributed by atoms with Crippen LogP contribution < -0.4 is 4.90 Å². The molecule has 3 rings (SSSR count). The molecule has 2 aromatic rings. The van der Waals surface area contributed by atoms with E-state index in [2.05, 4.69) is 14.3 Å². The van der Waals surface area contributed by atoms with Gasteiger partial charge in [-0.15, -0.1) is 0 Å². The molecule has 1 saturated heterocycles. The number of aryl methyl sites for hydroxylation is 1. The fourth-order valence-corrected chi connectivity index (χ4v) is 3.58. The van der Waals surface area contributed by atoms with Crippen LogP contribution in [0.5, 0.6) is 0 Å². The number of rotatable bonds is 2. The Morgan fingerprint density at radius 2 is 2.09 bits per heavy atom. The summed E-state index contributed by atoms with van der Waals surface area (Å²) in [6.45, 7) is 2.62. The van der Waals surface area contributed by atoms with Gasteiger partial charge in [-0.3, -0.25) is 0 Å². The average molecular weight is 327 g/mol. The van der Waals surface area contributed by atoms with Crippen LogP contribution in [-0.4, -0.2) is 15.9 Å². The van der Waals surface area contributed by atoms with Crippen molar-refractivity contribution in [2.75, 3.05) is 11.4 Å². The first-order chi connectivity index (χ1) is 10.4. The smallest absolute Gasteiger partial charge is 0.340 e. The molecule has 1 aromatic carbocycles. The van der Waals surface area contributed by atoms with E-state index in [1.165, 1.54) is 23.7 Å². The second-order valence-corrected chi connectivity index (χ2v) is 6.18. The Hall–Kier alpha value is -1.63. The Kier molecular flexibility index (Phi) is 4.08. The molecule has 1 aliphatic rings. The third kappa shape index (κ3) is 3.09. The van der Waals surface area contributed by atoms with Gasteiger partial charge in [0.05, 0.1) is 11.6 Å². The van der Waals surface area contributed by atoms with E-state index in [4.69, 9.17) is 0 Å². The fraction of sp³-hybridized carbons (Fsp3) is 0.467. The van der Waals surface area contributed by atoms with Gasteiger partial charge in [-0.05, 0) is 43.9 Å². The minimum Gasteiger partial charge on any atom is -0.340 e. The van der Waals surface area contributed by atoms with E-state index in [-0.39, 0.29) is 6.04 Å². The Morgan fingerprint density at radius 3 is 2.77 bits per heavy atom. The number of anilines is 1. The van der Waals surface area contributed by atoms with Crippen LogP contribution in [-0.2, 0) is 6.18 Å². The van der Waals surface area contributed by atoms with Gasteiger partial charge in [0, 0.05) is 18.1 Å². The number of hydrogen-bond acceptors (Lipinski definition) is 4.